The monoisotopic (exact) mass is 241 g/mol. The van der Waals surface area contributed by atoms with E-state index in [1.807, 2.05) is 43.3 Å². The van der Waals surface area contributed by atoms with Crippen LogP contribution in [0, 0.1) is 0 Å². The summed E-state index contributed by atoms with van der Waals surface area (Å²) in [6, 6.07) is 12.1. The van der Waals surface area contributed by atoms with Gasteiger partial charge in [0.1, 0.15) is 0 Å². The van der Waals surface area contributed by atoms with Crippen LogP contribution in [0.3, 0.4) is 0 Å². The van der Waals surface area contributed by atoms with E-state index in [4.69, 9.17) is 0 Å². The van der Waals surface area contributed by atoms with Crippen LogP contribution in [-0.2, 0) is 6.42 Å². The Bertz CT molecular complexity index is 546. The van der Waals surface area contributed by atoms with Crippen LogP contribution >= 0.6 is 0 Å². The van der Waals surface area contributed by atoms with Crippen molar-refractivity contribution in [3.05, 3.63) is 54.7 Å². The molecule has 0 aliphatic heterocycles. The third-order valence-electron chi connectivity index (χ3n) is 3.11. The molecule has 0 amide bonds. The van der Waals surface area contributed by atoms with Crippen LogP contribution in [0.2, 0.25) is 0 Å². The average Bonchev–Trinajstić information content (AvgIpc) is 2.36. The topological polar surface area (TPSA) is 33.1 Å². The summed E-state index contributed by atoms with van der Waals surface area (Å²) in [4.78, 5) is 4.58. The van der Waals surface area contributed by atoms with Crippen LogP contribution in [0.1, 0.15) is 25.5 Å². The molecule has 0 aliphatic rings. The van der Waals surface area contributed by atoms with Gasteiger partial charge in [-0.2, -0.15) is 0 Å². The molecule has 1 heterocycles. The molecule has 1 aromatic carbocycles. The number of aliphatic hydroxyl groups is 1. The molecule has 1 atom stereocenters. The zero-order valence-corrected chi connectivity index (χ0v) is 10.8. The fraction of sp³-hybridized carbons (Fsp3) is 0.312. The third-order valence-corrected chi connectivity index (χ3v) is 3.11. The lowest BCUT2D eigenvalue weighted by Crippen LogP contribution is -2.27. The summed E-state index contributed by atoms with van der Waals surface area (Å²) in [5.74, 6) is 0. The Morgan fingerprint density at radius 1 is 1.28 bits per heavy atom. The second-order valence-corrected chi connectivity index (χ2v) is 5.00. The van der Waals surface area contributed by atoms with Crippen LogP contribution in [0.4, 0.5) is 0 Å². The molecule has 94 valence electrons. The predicted molar refractivity (Wildman–Crippen MR) is 75.5 cm³/mol. The minimum absolute atomic E-state index is 0.575. The maximum absolute atomic E-state index is 10.3. The molecule has 1 N–H and O–H groups in total. The minimum atomic E-state index is -0.719. The van der Waals surface area contributed by atoms with Gasteiger partial charge in [-0.15, -0.1) is 6.58 Å². The number of rotatable bonds is 5. The zero-order valence-electron chi connectivity index (χ0n) is 10.8. The van der Waals surface area contributed by atoms with Crippen molar-refractivity contribution in [2.45, 2.75) is 31.8 Å². The Balaban J connectivity index is 2.18. The van der Waals surface area contributed by atoms with Crippen LogP contribution in [-0.4, -0.2) is 15.7 Å². The maximum Gasteiger partial charge on any atom is 0.0705 e. The second kappa shape index (κ2) is 5.32. The van der Waals surface area contributed by atoms with E-state index in [0.29, 0.717) is 12.8 Å². The van der Waals surface area contributed by atoms with Crippen molar-refractivity contribution in [1.29, 1.82) is 0 Å². The van der Waals surface area contributed by atoms with Crippen LogP contribution in [0.15, 0.2) is 49.1 Å². The summed E-state index contributed by atoms with van der Waals surface area (Å²) in [5.41, 5.74) is 1.20. The van der Waals surface area contributed by atoms with Crippen molar-refractivity contribution in [2.75, 3.05) is 0 Å². The van der Waals surface area contributed by atoms with Crippen LogP contribution < -0.4 is 0 Å². The van der Waals surface area contributed by atoms with E-state index in [0.717, 1.165) is 23.0 Å². The number of hydrogen-bond acceptors (Lipinski definition) is 2. The molecular weight excluding hydrogens is 222 g/mol. The van der Waals surface area contributed by atoms with Crippen molar-refractivity contribution in [3.8, 4) is 0 Å². The zero-order chi connectivity index (χ0) is 13.0. The predicted octanol–water partition coefficient (Wildman–Crippen LogP) is 3.49. The number of allylic oxidation sites excluding steroid dienone is 1. The van der Waals surface area contributed by atoms with Gasteiger partial charge in [-0.3, -0.25) is 4.98 Å². The first-order chi connectivity index (χ1) is 8.61. The van der Waals surface area contributed by atoms with Gasteiger partial charge in [0.05, 0.1) is 11.1 Å². The van der Waals surface area contributed by atoms with Crippen LogP contribution in [0.25, 0.3) is 10.9 Å². The lowest BCUT2D eigenvalue weighted by Gasteiger charge is -2.22. The van der Waals surface area contributed by atoms with Gasteiger partial charge in [-0.25, -0.2) is 0 Å². The molecule has 1 aromatic heterocycles. The Morgan fingerprint density at radius 3 is 2.83 bits per heavy atom. The molecule has 0 aliphatic carbocycles. The summed E-state index contributed by atoms with van der Waals surface area (Å²) in [6.07, 6.45) is 3.94. The maximum atomic E-state index is 10.3. The van der Waals surface area contributed by atoms with E-state index in [1.54, 1.807) is 0 Å². The summed E-state index contributed by atoms with van der Waals surface area (Å²) in [5, 5.41) is 11.4. The summed E-state index contributed by atoms with van der Waals surface area (Å²) >= 11 is 0. The molecule has 0 bridgehead atoms. The molecule has 0 radical (unpaired) electrons. The standard InChI is InChI=1S/C16H19NO/c1-3-4-11-16(2,18)12-14-10-9-13-7-5-6-8-15(13)17-14/h3,5-10,18H,1,4,11-12H2,2H3. The molecule has 18 heavy (non-hydrogen) atoms. The fourth-order valence-corrected chi connectivity index (χ4v) is 2.10. The Kier molecular flexibility index (Phi) is 3.78. The van der Waals surface area contributed by atoms with Crippen LogP contribution in [0.5, 0.6) is 0 Å². The lowest BCUT2D eigenvalue weighted by molar-refractivity contribution is 0.0514. The van der Waals surface area contributed by atoms with Gasteiger partial charge in [0.2, 0.25) is 0 Å². The highest BCUT2D eigenvalue weighted by Crippen LogP contribution is 2.20. The highest BCUT2D eigenvalue weighted by Gasteiger charge is 2.20. The van der Waals surface area contributed by atoms with Gasteiger partial charge in [-0.05, 0) is 31.9 Å². The van der Waals surface area contributed by atoms with Crippen molar-refractivity contribution in [2.24, 2.45) is 0 Å². The van der Waals surface area contributed by atoms with Gasteiger partial charge in [0, 0.05) is 17.5 Å². The molecule has 0 saturated carbocycles. The third kappa shape index (κ3) is 3.17. The quantitative estimate of drug-likeness (QED) is 0.813. The Labute approximate surface area is 108 Å². The van der Waals surface area contributed by atoms with E-state index in [2.05, 4.69) is 17.6 Å². The summed E-state index contributed by atoms with van der Waals surface area (Å²) in [6.45, 7) is 5.54. The van der Waals surface area contributed by atoms with Gasteiger partial charge in [0.15, 0.2) is 0 Å². The van der Waals surface area contributed by atoms with E-state index in [1.165, 1.54) is 0 Å². The fourth-order valence-electron chi connectivity index (χ4n) is 2.10. The number of pyridine rings is 1. The summed E-state index contributed by atoms with van der Waals surface area (Å²) < 4.78 is 0. The smallest absolute Gasteiger partial charge is 0.0705 e. The molecule has 2 heteroatoms. The molecule has 2 aromatic rings. The molecule has 0 fully saturated rings. The number of hydrogen-bond donors (Lipinski definition) is 1. The molecule has 0 saturated heterocycles. The first-order valence-electron chi connectivity index (χ1n) is 6.29. The van der Waals surface area contributed by atoms with Gasteiger partial charge in [-0.1, -0.05) is 30.3 Å². The van der Waals surface area contributed by atoms with E-state index >= 15 is 0 Å². The van der Waals surface area contributed by atoms with Gasteiger partial charge >= 0.3 is 0 Å². The normalized spacial score (nSPS) is 14.3. The number of aromatic nitrogens is 1. The molecular formula is C16H19NO. The highest BCUT2D eigenvalue weighted by molar-refractivity contribution is 5.78. The lowest BCUT2D eigenvalue weighted by atomic mass is 9.94. The Morgan fingerprint density at radius 2 is 2.06 bits per heavy atom. The largest absolute Gasteiger partial charge is 0.390 e. The molecule has 1 unspecified atom stereocenters. The van der Waals surface area contributed by atoms with E-state index < -0.39 is 5.60 Å². The highest BCUT2D eigenvalue weighted by atomic mass is 16.3. The molecule has 2 nitrogen and oxygen atoms in total. The summed E-state index contributed by atoms with van der Waals surface area (Å²) in [7, 11) is 0. The van der Waals surface area contributed by atoms with Crippen molar-refractivity contribution in [3.63, 3.8) is 0 Å². The van der Waals surface area contributed by atoms with Gasteiger partial charge in [0.25, 0.3) is 0 Å². The molecule has 2 rings (SSSR count). The number of fused-ring (bicyclic) bond motifs is 1. The first-order valence-corrected chi connectivity index (χ1v) is 6.29. The van der Waals surface area contributed by atoms with Gasteiger partial charge < -0.3 is 5.11 Å². The first kappa shape index (κ1) is 12.8. The minimum Gasteiger partial charge on any atom is -0.390 e. The Hall–Kier alpha value is -1.67. The second-order valence-electron chi connectivity index (χ2n) is 5.00. The molecule has 0 spiro atoms. The number of benzene rings is 1. The van der Waals surface area contributed by atoms with Crippen molar-refractivity contribution in [1.82, 2.24) is 4.98 Å². The average molecular weight is 241 g/mol. The number of para-hydroxylation sites is 1. The van der Waals surface area contributed by atoms with Crippen molar-refractivity contribution >= 4 is 10.9 Å². The van der Waals surface area contributed by atoms with E-state index in [9.17, 15) is 5.11 Å². The van der Waals surface area contributed by atoms with Crippen molar-refractivity contribution < 1.29 is 5.11 Å². The SMILES string of the molecule is C=CCCC(C)(O)Cc1ccc2ccccc2n1. The van der Waals surface area contributed by atoms with E-state index in [-0.39, 0.29) is 0 Å². The number of nitrogens with zero attached hydrogens (tertiary/aromatic N) is 1.